The molecule has 0 N–H and O–H groups in total. The molecule has 1 fully saturated rings. The zero-order valence-electron chi connectivity index (χ0n) is 25.6. The summed E-state index contributed by atoms with van der Waals surface area (Å²) >= 11 is 0. The Balaban J connectivity index is 1.16. The number of fused-ring (bicyclic) bond motifs is 4. The zero-order valence-corrected chi connectivity index (χ0v) is 25.6. The molecule has 1 aliphatic carbocycles. The van der Waals surface area contributed by atoms with E-state index in [1.165, 1.54) is 42.0 Å². The number of ether oxygens (including phenoxy) is 1. The highest BCUT2D eigenvalue weighted by atomic mass is 16.5. The van der Waals surface area contributed by atoms with Gasteiger partial charge in [0.05, 0.1) is 23.4 Å². The van der Waals surface area contributed by atoms with E-state index < -0.39 is 0 Å². The fourth-order valence-corrected chi connectivity index (χ4v) is 6.96. The molecule has 8 rings (SSSR count). The fraction of sp³-hybridized carbons (Fsp3) is 0.263. The van der Waals surface area contributed by atoms with E-state index in [1.54, 1.807) is 0 Å². The number of aromatic nitrogens is 3. The Morgan fingerprint density at radius 3 is 2.41 bits per heavy atom. The van der Waals surface area contributed by atoms with Crippen LogP contribution in [0.4, 0.5) is 17.2 Å². The number of pyridine rings is 2. The van der Waals surface area contributed by atoms with Gasteiger partial charge < -0.3 is 14.5 Å². The molecule has 1 saturated carbocycles. The van der Waals surface area contributed by atoms with Crippen molar-refractivity contribution in [3.05, 3.63) is 109 Å². The molecule has 3 aromatic heterocycles. The number of hydrogen-bond acceptors (Lipinski definition) is 5. The summed E-state index contributed by atoms with van der Waals surface area (Å²) in [5, 5.41) is 2.38. The van der Waals surface area contributed by atoms with Gasteiger partial charge in [-0.05, 0) is 78.4 Å². The average molecular weight is 580 g/mol. The van der Waals surface area contributed by atoms with E-state index in [4.69, 9.17) is 14.7 Å². The van der Waals surface area contributed by atoms with Crippen molar-refractivity contribution in [1.82, 2.24) is 14.5 Å². The smallest absolute Gasteiger partial charge is 0.154 e. The third-order valence-electron chi connectivity index (χ3n) is 9.24. The topological polar surface area (TPSA) is 46.4 Å². The number of rotatable bonds is 5. The van der Waals surface area contributed by atoms with Crippen molar-refractivity contribution in [1.29, 1.82) is 0 Å². The molecule has 6 nitrogen and oxygen atoms in total. The maximum absolute atomic E-state index is 6.58. The Labute approximate surface area is 258 Å². The van der Waals surface area contributed by atoms with Crippen LogP contribution in [-0.4, -0.2) is 27.2 Å². The molecule has 3 aromatic carbocycles. The zero-order chi connectivity index (χ0) is 29.8. The molecule has 220 valence electrons. The summed E-state index contributed by atoms with van der Waals surface area (Å²) in [5.41, 5.74) is 5.75. The number of benzene rings is 3. The first-order valence-corrected chi connectivity index (χ1v) is 15.7. The molecule has 0 saturated heterocycles. The SMILES string of the molecule is CC(C)(C)c1ccnc(-n2c3ccccc3c3ccc(Oc4cccc(N5CN(C6CCCC6)c6ncccc65)c4)cc32)c1. The minimum Gasteiger partial charge on any atom is -0.457 e. The molecule has 2 aliphatic rings. The minimum atomic E-state index is 0.0236. The average Bonchev–Trinajstić information content (AvgIpc) is 3.77. The lowest BCUT2D eigenvalue weighted by atomic mass is 9.88. The normalized spacial score (nSPS) is 15.4. The van der Waals surface area contributed by atoms with Gasteiger partial charge in [-0.2, -0.15) is 0 Å². The van der Waals surface area contributed by atoms with E-state index >= 15 is 0 Å². The van der Waals surface area contributed by atoms with E-state index in [0.717, 1.165) is 52.2 Å². The Morgan fingerprint density at radius 1 is 0.727 bits per heavy atom. The van der Waals surface area contributed by atoms with Crippen LogP contribution in [0, 0.1) is 0 Å². The van der Waals surface area contributed by atoms with Gasteiger partial charge in [0, 0.05) is 47.0 Å². The second-order valence-corrected chi connectivity index (χ2v) is 13.1. The number of anilines is 3. The van der Waals surface area contributed by atoms with Crippen LogP contribution in [0.1, 0.15) is 52.0 Å². The van der Waals surface area contributed by atoms with Crippen LogP contribution in [0.5, 0.6) is 11.5 Å². The van der Waals surface area contributed by atoms with Crippen LogP contribution >= 0.6 is 0 Å². The lowest BCUT2D eigenvalue weighted by Crippen LogP contribution is -2.35. The second kappa shape index (κ2) is 10.4. The highest BCUT2D eigenvalue weighted by molar-refractivity contribution is 6.09. The van der Waals surface area contributed by atoms with E-state index in [2.05, 4.69) is 114 Å². The predicted octanol–water partition coefficient (Wildman–Crippen LogP) is 9.52. The van der Waals surface area contributed by atoms with E-state index in [0.29, 0.717) is 6.04 Å². The Morgan fingerprint density at radius 2 is 1.55 bits per heavy atom. The van der Waals surface area contributed by atoms with E-state index in [1.807, 2.05) is 24.5 Å². The maximum atomic E-state index is 6.58. The van der Waals surface area contributed by atoms with Crippen LogP contribution in [0.25, 0.3) is 27.6 Å². The molecule has 44 heavy (non-hydrogen) atoms. The van der Waals surface area contributed by atoms with Crippen LogP contribution in [-0.2, 0) is 5.41 Å². The molecule has 6 aromatic rings. The molecule has 1 aliphatic heterocycles. The van der Waals surface area contributed by atoms with Crippen molar-refractivity contribution in [3.63, 3.8) is 0 Å². The molecule has 0 amide bonds. The molecule has 0 spiro atoms. The van der Waals surface area contributed by atoms with Crippen molar-refractivity contribution in [3.8, 4) is 17.3 Å². The first-order chi connectivity index (χ1) is 21.4. The monoisotopic (exact) mass is 579 g/mol. The van der Waals surface area contributed by atoms with Crippen molar-refractivity contribution < 1.29 is 4.74 Å². The third-order valence-corrected chi connectivity index (χ3v) is 9.24. The summed E-state index contributed by atoms with van der Waals surface area (Å²) in [6.07, 6.45) is 8.91. The lowest BCUT2D eigenvalue weighted by molar-refractivity contribution is 0.483. The van der Waals surface area contributed by atoms with Crippen molar-refractivity contribution in [2.75, 3.05) is 16.5 Å². The fourth-order valence-electron chi connectivity index (χ4n) is 6.96. The summed E-state index contributed by atoms with van der Waals surface area (Å²) in [5.74, 6) is 3.60. The first-order valence-electron chi connectivity index (χ1n) is 15.7. The number of nitrogens with zero attached hydrogens (tertiary/aromatic N) is 5. The van der Waals surface area contributed by atoms with Crippen LogP contribution in [0.2, 0.25) is 0 Å². The maximum Gasteiger partial charge on any atom is 0.154 e. The largest absolute Gasteiger partial charge is 0.457 e. The van der Waals surface area contributed by atoms with Gasteiger partial charge in [-0.1, -0.05) is 57.9 Å². The standard InChI is InChI=1S/C38H37N5O/c1-38(2,3)26-19-21-39-36(22-26)43-33-15-7-6-14-31(33)32-18-17-30(24-35(32)43)44-29-13-8-12-28(23-29)41-25-42(27-10-4-5-11-27)37-34(41)16-9-20-40-37/h6-9,12-24,27H,4-5,10-11,25H2,1-3H3. The second-order valence-electron chi connectivity index (χ2n) is 13.1. The molecule has 0 bridgehead atoms. The van der Waals surface area contributed by atoms with Gasteiger partial charge >= 0.3 is 0 Å². The predicted molar refractivity (Wildman–Crippen MR) is 180 cm³/mol. The molecule has 0 radical (unpaired) electrons. The van der Waals surface area contributed by atoms with E-state index in [9.17, 15) is 0 Å². The van der Waals surface area contributed by atoms with Crippen LogP contribution in [0.15, 0.2) is 103 Å². The summed E-state index contributed by atoms with van der Waals surface area (Å²) in [6, 6.07) is 32.4. The van der Waals surface area contributed by atoms with Crippen molar-refractivity contribution in [2.24, 2.45) is 0 Å². The quantitative estimate of drug-likeness (QED) is 0.204. The summed E-state index contributed by atoms with van der Waals surface area (Å²) in [7, 11) is 0. The van der Waals surface area contributed by atoms with E-state index in [-0.39, 0.29) is 5.41 Å². The van der Waals surface area contributed by atoms with Gasteiger partial charge in [0.1, 0.15) is 17.3 Å². The van der Waals surface area contributed by atoms with Crippen LogP contribution in [0.3, 0.4) is 0 Å². The van der Waals surface area contributed by atoms with Gasteiger partial charge in [-0.3, -0.25) is 4.57 Å². The highest BCUT2D eigenvalue weighted by Gasteiger charge is 2.34. The molecule has 0 unspecified atom stereocenters. The molecule has 6 heteroatoms. The van der Waals surface area contributed by atoms with Crippen LogP contribution < -0.4 is 14.5 Å². The summed E-state index contributed by atoms with van der Waals surface area (Å²) in [4.78, 5) is 14.5. The Kier molecular flexibility index (Phi) is 6.33. The van der Waals surface area contributed by atoms with Gasteiger partial charge in [-0.15, -0.1) is 0 Å². The molecule has 0 atom stereocenters. The van der Waals surface area contributed by atoms with Gasteiger partial charge in [0.15, 0.2) is 5.82 Å². The van der Waals surface area contributed by atoms with Gasteiger partial charge in [-0.25, -0.2) is 9.97 Å². The molecular weight excluding hydrogens is 542 g/mol. The summed E-state index contributed by atoms with van der Waals surface area (Å²) in [6.45, 7) is 7.53. The number of hydrogen-bond donors (Lipinski definition) is 0. The van der Waals surface area contributed by atoms with Gasteiger partial charge in [0.25, 0.3) is 0 Å². The summed E-state index contributed by atoms with van der Waals surface area (Å²) < 4.78 is 8.84. The Bertz CT molecular complexity index is 2000. The molecule has 4 heterocycles. The van der Waals surface area contributed by atoms with Gasteiger partial charge in [0.2, 0.25) is 0 Å². The Hall–Kier alpha value is -4.84. The van der Waals surface area contributed by atoms with Crippen molar-refractivity contribution in [2.45, 2.75) is 57.9 Å². The lowest BCUT2D eigenvalue weighted by Gasteiger charge is -2.26. The molecular formula is C38H37N5O. The first kappa shape index (κ1) is 26.8. The highest BCUT2D eigenvalue weighted by Crippen LogP contribution is 2.43. The number of para-hydroxylation sites is 1. The third kappa shape index (κ3) is 4.57. The van der Waals surface area contributed by atoms with Crippen molar-refractivity contribution >= 4 is 39.0 Å². The minimum absolute atomic E-state index is 0.0236.